The molecule has 0 unspecified atom stereocenters. The number of nitrogens with zero attached hydrogens (tertiary/aromatic N) is 1. The highest BCUT2D eigenvalue weighted by molar-refractivity contribution is 5.83. The van der Waals surface area contributed by atoms with Crippen molar-refractivity contribution in [1.29, 1.82) is 0 Å². The predicted octanol–water partition coefficient (Wildman–Crippen LogP) is 3.49. The Hall–Kier alpha value is -2.99. The Bertz CT molecular complexity index is 920. The molecule has 6 nitrogen and oxygen atoms in total. The first-order valence-corrected chi connectivity index (χ1v) is 10.1. The number of para-hydroxylation sites is 2. The summed E-state index contributed by atoms with van der Waals surface area (Å²) < 4.78 is 11.1. The number of hydrogen-bond donors (Lipinski definition) is 3. The van der Waals surface area contributed by atoms with Crippen LogP contribution in [0.5, 0.6) is 5.75 Å². The Morgan fingerprint density at radius 3 is 2.72 bits per heavy atom. The van der Waals surface area contributed by atoms with Gasteiger partial charge in [-0.05, 0) is 31.0 Å². The lowest BCUT2D eigenvalue weighted by Gasteiger charge is -2.11. The largest absolute Gasteiger partial charge is 0.496 e. The minimum Gasteiger partial charge on any atom is -0.496 e. The van der Waals surface area contributed by atoms with Gasteiger partial charge in [0.15, 0.2) is 5.96 Å². The fraction of sp³-hybridized carbons (Fsp3) is 0.348. The maximum Gasteiger partial charge on any atom is 0.191 e. The van der Waals surface area contributed by atoms with Crippen molar-refractivity contribution in [3.63, 3.8) is 0 Å². The molecular formula is C23H30N4O2. The zero-order chi connectivity index (χ0) is 20.3. The second kappa shape index (κ2) is 11.1. The number of methoxy groups -OCH3 is 1. The maximum atomic E-state index is 5.76. The lowest BCUT2D eigenvalue weighted by atomic mass is 10.1. The normalized spacial score (nSPS) is 11.6. The topological polar surface area (TPSA) is 70.7 Å². The highest BCUT2D eigenvalue weighted by Gasteiger charge is 2.04. The summed E-state index contributed by atoms with van der Waals surface area (Å²) in [7, 11) is 1.67. The van der Waals surface area contributed by atoms with Crippen LogP contribution in [-0.2, 0) is 17.8 Å². The van der Waals surface area contributed by atoms with Crippen molar-refractivity contribution in [2.24, 2.45) is 4.99 Å². The van der Waals surface area contributed by atoms with Crippen molar-refractivity contribution in [3.8, 4) is 5.75 Å². The standard InChI is InChI=1S/C23H30N4O2/c1-3-24-23(25-13-12-18-16-27-21-10-6-5-9-20(18)21)26-14-15-29-17-19-8-4-7-11-22(19)28-2/h4-11,16,27H,3,12-15,17H2,1-2H3,(H2,24,25,26). The van der Waals surface area contributed by atoms with E-state index in [-0.39, 0.29) is 0 Å². The minimum atomic E-state index is 0.518. The average Bonchev–Trinajstić information content (AvgIpc) is 3.17. The SMILES string of the molecule is CCNC(=NCCOCc1ccccc1OC)NCCc1c[nH]c2ccccc12. The molecule has 3 N–H and O–H groups in total. The molecule has 0 saturated carbocycles. The summed E-state index contributed by atoms with van der Waals surface area (Å²) in [5.74, 6) is 1.66. The van der Waals surface area contributed by atoms with Gasteiger partial charge in [-0.1, -0.05) is 36.4 Å². The molecule has 154 valence electrons. The second-order valence-corrected chi connectivity index (χ2v) is 6.66. The van der Waals surface area contributed by atoms with Gasteiger partial charge in [-0.15, -0.1) is 0 Å². The number of fused-ring (bicyclic) bond motifs is 1. The molecule has 0 saturated heterocycles. The van der Waals surface area contributed by atoms with E-state index < -0.39 is 0 Å². The number of aromatic amines is 1. The molecule has 0 atom stereocenters. The molecule has 3 aromatic rings. The third-order valence-electron chi connectivity index (χ3n) is 4.66. The molecular weight excluding hydrogens is 364 g/mol. The van der Waals surface area contributed by atoms with Crippen molar-refractivity contribution in [2.75, 3.05) is 33.4 Å². The molecule has 3 rings (SSSR count). The van der Waals surface area contributed by atoms with Crippen molar-refractivity contribution >= 4 is 16.9 Å². The van der Waals surface area contributed by atoms with Crippen LogP contribution in [0.25, 0.3) is 10.9 Å². The van der Waals surface area contributed by atoms with E-state index in [4.69, 9.17) is 9.47 Å². The molecule has 1 heterocycles. The van der Waals surface area contributed by atoms with Gasteiger partial charge >= 0.3 is 0 Å². The Morgan fingerprint density at radius 1 is 1.03 bits per heavy atom. The van der Waals surface area contributed by atoms with E-state index >= 15 is 0 Å². The number of hydrogen-bond acceptors (Lipinski definition) is 3. The fourth-order valence-corrected chi connectivity index (χ4v) is 3.22. The number of guanidine groups is 1. The maximum absolute atomic E-state index is 5.76. The van der Waals surface area contributed by atoms with Crippen LogP contribution in [0.3, 0.4) is 0 Å². The van der Waals surface area contributed by atoms with Crippen LogP contribution >= 0.6 is 0 Å². The number of rotatable bonds is 10. The second-order valence-electron chi connectivity index (χ2n) is 6.66. The molecule has 0 aliphatic heterocycles. The van der Waals surface area contributed by atoms with E-state index in [1.54, 1.807) is 7.11 Å². The number of aliphatic imine (C=N–C) groups is 1. The van der Waals surface area contributed by atoms with E-state index in [9.17, 15) is 0 Å². The molecule has 0 bridgehead atoms. The Kier molecular flexibility index (Phi) is 7.95. The van der Waals surface area contributed by atoms with Gasteiger partial charge in [-0.3, -0.25) is 4.99 Å². The first-order chi connectivity index (χ1) is 14.3. The summed E-state index contributed by atoms with van der Waals surface area (Å²) in [4.78, 5) is 7.92. The van der Waals surface area contributed by atoms with Crippen LogP contribution in [0.2, 0.25) is 0 Å². The van der Waals surface area contributed by atoms with Crippen molar-refractivity contribution in [3.05, 3.63) is 65.9 Å². The van der Waals surface area contributed by atoms with Gasteiger partial charge in [0.2, 0.25) is 0 Å². The molecule has 0 spiro atoms. The van der Waals surface area contributed by atoms with Gasteiger partial charge in [0, 0.05) is 35.8 Å². The first-order valence-electron chi connectivity index (χ1n) is 10.1. The average molecular weight is 395 g/mol. The molecule has 0 fully saturated rings. The molecule has 0 radical (unpaired) electrons. The van der Waals surface area contributed by atoms with E-state index in [0.29, 0.717) is 19.8 Å². The van der Waals surface area contributed by atoms with E-state index in [0.717, 1.165) is 36.8 Å². The molecule has 0 amide bonds. The zero-order valence-electron chi connectivity index (χ0n) is 17.2. The lowest BCUT2D eigenvalue weighted by Crippen LogP contribution is -2.38. The predicted molar refractivity (Wildman–Crippen MR) is 119 cm³/mol. The first kappa shape index (κ1) is 20.7. The summed E-state index contributed by atoms with van der Waals surface area (Å²) in [6.45, 7) is 5.37. The Labute approximate surface area is 172 Å². The number of H-pyrrole nitrogens is 1. The zero-order valence-corrected chi connectivity index (χ0v) is 17.2. The van der Waals surface area contributed by atoms with E-state index in [1.165, 1.54) is 16.5 Å². The molecule has 0 aliphatic rings. The van der Waals surface area contributed by atoms with Gasteiger partial charge in [-0.25, -0.2) is 0 Å². The third kappa shape index (κ3) is 5.99. The van der Waals surface area contributed by atoms with Crippen LogP contribution in [0.1, 0.15) is 18.1 Å². The lowest BCUT2D eigenvalue weighted by molar-refractivity contribution is 0.126. The van der Waals surface area contributed by atoms with Gasteiger partial charge < -0.3 is 25.1 Å². The summed E-state index contributed by atoms with van der Waals surface area (Å²) in [5, 5.41) is 7.96. The number of aromatic nitrogens is 1. The van der Waals surface area contributed by atoms with Crippen molar-refractivity contribution in [1.82, 2.24) is 15.6 Å². The monoisotopic (exact) mass is 394 g/mol. The quantitative estimate of drug-likeness (QED) is 0.280. The van der Waals surface area contributed by atoms with Crippen molar-refractivity contribution in [2.45, 2.75) is 20.0 Å². The Morgan fingerprint density at radius 2 is 1.86 bits per heavy atom. The van der Waals surface area contributed by atoms with Crippen LogP contribution in [0.15, 0.2) is 59.7 Å². The summed E-state index contributed by atoms with van der Waals surface area (Å²) >= 11 is 0. The van der Waals surface area contributed by atoms with Gasteiger partial charge in [0.05, 0.1) is 26.9 Å². The summed E-state index contributed by atoms with van der Waals surface area (Å²) in [5.41, 5.74) is 3.53. The fourth-order valence-electron chi connectivity index (χ4n) is 3.22. The number of nitrogens with one attached hydrogen (secondary N) is 3. The summed E-state index contributed by atoms with van der Waals surface area (Å²) in [6.07, 6.45) is 3.01. The van der Waals surface area contributed by atoms with Crippen molar-refractivity contribution < 1.29 is 9.47 Å². The van der Waals surface area contributed by atoms with E-state index in [1.807, 2.05) is 30.3 Å². The van der Waals surface area contributed by atoms with Crippen LogP contribution in [0.4, 0.5) is 0 Å². The smallest absolute Gasteiger partial charge is 0.191 e. The number of benzene rings is 2. The van der Waals surface area contributed by atoms with Crippen LogP contribution < -0.4 is 15.4 Å². The molecule has 0 aliphatic carbocycles. The molecule has 6 heteroatoms. The highest BCUT2D eigenvalue weighted by Crippen LogP contribution is 2.18. The number of ether oxygens (including phenoxy) is 2. The molecule has 2 aromatic carbocycles. The van der Waals surface area contributed by atoms with E-state index in [2.05, 4.69) is 51.9 Å². The molecule has 1 aromatic heterocycles. The van der Waals surface area contributed by atoms with Crippen LogP contribution in [0, 0.1) is 0 Å². The highest BCUT2D eigenvalue weighted by atomic mass is 16.5. The summed E-state index contributed by atoms with van der Waals surface area (Å²) in [6, 6.07) is 16.3. The van der Waals surface area contributed by atoms with Gasteiger partial charge in [0.1, 0.15) is 5.75 Å². The Balaban J connectivity index is 1.43. The third-order valence-corrected chi connectivity index (χ3v) is 4.66. The van der Waals surface area contributed by atoms with Gasteiger partial charge in [0.25, 0.3) is 0 Å². The van der Waals surface area contributed by atoms with Crippen LogP contribution in [-0.4, -0.2) is 44.3 Å². The minimum absolute atomic E-state index is 0.518. The van der Waals surface area contributed by atoms with Gasteiger partial charge in [-0.2, -0.15) is 0 Å². The molecule has 29 heavy (non-hydrogen) atoms.